The Morgan fingerprint density at radius 3 is 2.60 bits per heavy atom. The zero-order valence-corrected chi connectivity index (χ0v) is 13.5. The van der Waals surface area contributed by atoms with Gasteiger partial charge in [0.2, 0.25) is 0 Å². The van der Waals surface area contributed by atoms with E-state index in [2.05, 4.69) is 15.9 Å². The van der Waals surface area contributed by atoms with Gasteiger partial charge in [0.15, 0.2) is 0 Å². The quantitative estimate of drug-likeness (QED) is 0.593. The van der Waals surface area contributed by atoms with Gasteiger partial charge in [0.25, 0.3) is 9.05 Å². The molecule has 1 fully saturated rings. The topological polar surface area (TPSA) is 69.7 Å². The van der Waals surface area contributed by atoms with Crippen molar-refractivity contribution in [1.82, 2.24) is 0 Å². The summed E-state index contributed by atoms with van der Waals surface area (Å²) >= 11 is 3.20. The summed E-state index contributed by atoms with van der Waals surface area (Å²) in [5.41, 5.74) is 0.137. The van der Waals surface area contributed by atoms with E-state index in [9.17, 15) is 13.2 Å². The number of hydrogen-bond donors (Lipinski definition) is 0. The van der Waals surface area contributed by atoms with E-state index in [0.717, 1.165) is 0 Å². The molecule has 1 aromatic rings. The van der Waals surface area contributed by atoms with Crippen molar-refractivity contribution in [3.05, 3.63) is 28.2 Å². The van der Waals surface area contributed by atoms with Crippen molar-refractivity contribution < 1.29 is 22.7 Å². The number of ether oxygens (including phenoxy) is 2. The van der Waals surface area contributed by atoms with Crippen LogP contribution >= 0.6 is 26.6 Å². The molecule has 0 N–H and O–H groups in total. The van der Waals surface area contributed by atoms with Crippen LogP contribution in [0.15, 0.2) is 27.6 Å². The Bertz CT molecular complexity index is 610. The van der Waals surface area contributed by atoms with Crippen LogP contribution < -0.4 is 0 Å². The van der Waals surface area contributed by atoms with Crippen LogP contribution in [0.4, 0.5) is 0 Å². The van der Waals surface area contributed by atoms with Crippen LogP contribution in [0.5, 0.6) is 0 Å². The lowest BCUT2D eigenvalue weighted by atomic mass is 10.1. The number of carbonyl (C=O) groups excluding carboxylic acids is 1. The van der Waals surface area contributed by atoms with Gasteiger partial charge in [-0.2, -0.15) is 0 Å². The van der Waals surface area contributed by atoms with Crippen molar-refractivity contribution in [2.24, 2.45) is 0 Å². The third-order valence-electron chi connectivity index (χ3n) is 2.88. The Balaban J connectivity index is 2.20. The van der Waals surface area contributed by atoms with Gasteiger partial charge in [0.1, 0.15) is 6.10 Å². The summed E-state index contributed by atoms with van der Waals surface area (Å²) in [5, 5.41) is 0. The third-order valence-corrected chi connectivity index (χ3v) is 4.92. The molecule has 0 spiro atoms. The molecule has 0 amide bonds. The van der Waals surface area contributed by atoms with E-state index in [-0.39, 0.29) is 16.6 Å². The summed E-state index contributed by atoms with van der Waals surface area (Å²) in [6, 6.07) is 3.97. The number of halogens is 2. The van der Waals surface area contributed by atoms with E-state index in [0.29, 0.717) is 30.5 Å². The molecular formula is C12H12BrClO5S. The first-order valence-corrected chi connectivity index (χ1v) is 9.01. The predicted octanol–water partition coefficient (Wildman–Crippen LogP) is 2.71. The number of esters is 1. The molecule has 0 aliphatic carbocycles. The minimum Gasteiger partial charge on any atom is -0.459 e. The second kappa shape index (κ2) is 6.43. The Hall–Kier alpha value is -0.630. The monoisotopic (exact) mass is 382 g/mol. The first kappa shape index (κ1) is 15.8. The van der Waals surface area contributed by atoms with Crippen LogP contribution in [0, 0.1) is 0 Å². The fourth-order valence-electron chi connectivity index (χ4n) is 1.82. The van der Waals surface area contributed by atoms with E-state index < -0.39 is 15.0 Å². The molecule has 1 aliphatic rings. The van der Waals surface area contributed by atoms with Gasteiger partial charge in [-0.1, -0.05) is 0 Å². The molecular weight excluding hydrogens is 372 g/mol. The van der Waals surface area contributed by atoms with E-state index in [1.165, 1.54) is 18.2 Å². The predicted molar refractivity (Wildman–Crippen MR) is 76.4 cm³/mol. The molecule has 1 saturated heterocycles. The second-order valence-corrected chi connectivity index (χ2v) is 7.72. The zero-order chi connectivity index (χ0) is 14.8. The molecule has 2 rings (SSSR count). The molecule has 0 bridgehead atoms. The smallest absolute Gasteiger partial charge is 0.339 e. The molecule has 20 heavy (non-hydrogen) atoms. The maximum atomic E-state index is 12.1. The van der Waals surface area contributed by atoms with E-state index >= 15 is 0 Å². The van der Waals surface area contributed by atoms with Gasteiger partial charge in [-0.05, 0) is 34.1 Å². The van der Waals surface area contributed by atoms with E-state index in [4.69, 9.17) is 20.2 Å². The van der Waals surface area contributed by atoms with Crippen molar-refractivity contribution in [2.75, 3.05) is 13.2 Å². The van der Waals surface area contributed by atoms with Gasteiger partial charge in [-0.3, -0.25) is 0 Å². The highest BCUT2D eigenvalue weighted by atomic mass is 79.9. The summed E-state index contributed by atoms with van der Waals surface area (Å²) in [6.45, 7) is 1.10. The van der Waals surface area contributed by atoms with Crippen molar-refractivity contribution in [2.45, 2.75) is 23.8 Å². The summed E-state index contributed by atoms with van der Waals surface area (Å²) < 4.78 is 33.6. The van der Waals surface area contributed by atoms with Crippen molar-refractivity contribution in [3.8, 4) is 0 Å². The largest absolute Gasteiger partial charge is 0.459 e. The van der Waals surface area contributed by atoms with E-state index in [1.54, 1.807) is 0 Å². The van der Waals surface area contributed by atoms with Gasteiger partial charge in [-0.25, -0.2) is 13.2 Å². The molecule has 8 heteroatoms. The molecule has 0 radical (unpaired) electrons. The summed E-state index contributed by atoms with van der Waals surface area (Å²) in [6.07, 6.45) is 1.06. The Morgan fingerprint density at radius 1 is 1.35 bits per heavy atom. The lowest BCUT2D eigenvalue weighted by Crippen LogP contribution is -2.26. The van der Waals surface area contributed by atoms with Crippen molar-refractivity contribution >= 4 is 41.6 Å². The Morgan fingerprint density at radius 2 is 2.00 bits per heavy atom. The number of hydrogen-bond acceptors (Lipinski definition) is 5. The van der Waals surface area contributed by atoms with Crippen LogP contribution in [0.3, 0.4) is 0 Å². The van der Waals surface area contributed by atoms with Crippen LogP contribution in [-0.2, 0) is 18.5 Å². The molecule has 1 heterocycles. The highest BCUT2D eigenvalue weighted by Crippen LogP contribution is 2.25. The van der Waals surface area contributed by atoms with Crippen molar-refractivity contribution in [1.29, 1.82) is 0 Å². The molecule has 0 saturated carbocycles. The maximum absolute atomic E-state index is 12.1. The SMILES string of the molecule is O=C(OC1CCOCC1)c1cc(S(=O)(=O)Cl)ccc1Br. The van der Waals surface area contributed by atoms with Crippen molar-refractivity contribution in [3.63, 3.8) is 0 Å². The minimum absolute atomic E-state index is 0.137. The first-order valence-electron chi connectivity index (χ1n) is 5.91. The van der Waals surface area contributed by atoms with Gasteiger partial charge in [-0.15, -0.1) is 0 Å². The van der Waals surface area contributed by atoms with Gasteiger partial charge < -0.3 is 9.47 Å². The summed E-state index contributed by atoms with van der Waals surface area (Å²) in [4.78, 5) is 11.9. The van der Waals surface area contributed by atoms with Crippen LogP contribution in [-0.4, -0.2) is 33.7 Å². The fraction of sp³-hybridized carbons (Fsp3) is 0.417. The van der Waals surface area contributed by atoms with Gasteiger partial charge in [0.05, 0.1) is 23.7 Å². The maximum Gasteiger partial charge on any atom is 0.339 e. The van der Waals surface area contributed by atoms with Gasteiger partial charge in [0, 0.05) is 28.0 Å². The molecule has 0 atom stereocenters. The average Bonchev–Trinajstić information content (AvgIpc) is 2.39. The second-order valence-electron chi connectivity index (χ2n) is 4.30. The molecule has 5 nitrogen and oxygen atoms in total. The standard InChI is InChI=1S/C12H12BrClO5S/c13-11-2-1-9(20(14,16)17)7-10(11)12(15)19-8-3-5-18-6-4-8/h1-2,7-8H,3-6H2. The summed E-state index contributed by atoms with van der Waals surface area (Å²) in [5.74, 6) is -0.578. The number of benzene rings is 1. The van der Waals surface area contributed by atoms with Crippen LogP contribution in [0.1, 0.15) is 23.2 Å². The Kier molecular flexibility index (Phi) is 5.06. The average molecular weight is 384 g/mol. The van der Waals surface area contributed by atoms with Crippen LogP contribution in [0.2, 0.25) is 0 Å². The van der Waals surface area contributed by atoms with E-state index in [1.807, 2.05) is 0 Å². The molecule has 1 aromatic carbocycles. The highest BCUT2D eigenvalue weighted by Gasteiger charge is 2.22. The Labute approximate surface area is 129 Å². The van der Waals surface area contributed by atoms with Crippen LogP contribution in [0.25, 0.3) is 0 Å². The lowest BCUT2D eigenvalue weighted by molar-refractivity contribution is -0.0160. The first-order chi connectivity index (χ1) is 9.38. The number of rotatable bonds is 3. The fourth-order valence-corrected chi connectivity index (χ4v) is 3.01. The third kappa shape index (κ3) is 3.94. The molecule has 0 unspecified atom stereocenters. The summed E-state index contributed by atoms with van der Waals surface area (Å²) in [7, 11) is 1.38. The lowest BCUT2D eigenvalue weighted by Gasteiger charge is -2.22. The highest BCUT2D eigenvalue weighted by molar-refractivity contribution is 9.10. The minimum atomic E-state index is -3.89. The van der Waals surface area contributed by atoms with Gasteiger partial charge >= 0.3 is 5.97 Å². The zero-order valence-electron chi connectivity index (χ0n) is 10.3. The molecule has 1 aliphatic heterocycles. The molecule has 110 valence electrons. The molecule has 0 aromatic heterocycles. The number of carbonyl (C=O) groups is 1. The normalized spacial score (nSPS) is 16.9.